The van der Waals surface area contributed by atoms with E-state index in [-0.39, 0.29) is 17.6 Å². The molecule has 0 bridgehead atoms. The van der Waals surface area contributed by atoms with Gasteiger partial charge in [-0.2, -0.15) is 0 Å². The van der Waals surface area contributed by atoms with Crippen LogP contribution in [0.3, 0.4) is 0 Å². The number of hydrogen-bond donors (Lipinski definition) is 2. The van der Waals surface area contributed by atoms with Crippen molar-refractivity contribution < 1.29 is 18.3 Å². The average molecular weight is 251 g/mol. The summed E-state index contributed by atoms with van der Waals surface area (Å²) < 4.78 is 25.3. The van der Waals surface area contributed by atoms with Crippen molar-refractivity contribution in [2.45, 2.75) is 46.6 Å². The van der Waals surface area contributed by atoms with Crippen LogP contribution in [0.25, 0.3) is 0 Å². The highest BCUT2D eigenvalue weighted by atomic mass is 32.2. The molecule has 0 spiro atoms. The molecule has 16 heavy (non-hydrogen) atoms. The largest absolute Gasteiger partial charge is 0.480 e. The minimum atomic E-state index is -3.50. The van der Waals surface area contributed by atoms with E-state index in [0.29, 0.717) is 6.42 Å². The molecule has 0 aromatic heterocycles. The van der Waals surface area contributed by atoms with Crippen molar-refractivity contribution in [1.29, 1.82) is 0 Å². The third-order valence-corrected chi connectivity index (χ3v) is 3.53. The monoisotopic (exact) mass is 251 g/mol. The smallest absolute Gasteiger partial charge is 0.321 e. The van der Waals surface area contributed by atoms with Crippen molar-refractivity contribution in [3.05, 3.63) is 0 Å². The van der Waals surface area contributed by atoms with Crippen LogP contribution in [0.5, 0.6) is 0 Å². The molecule has 0 aromatic carbocycles. The quantitative estimate of drug-likeness (QED) is 0.743. The van der Waals surface area contributed by atoms with Gasteiger partial charge in [0.05, 0.1) is 5.75 Å². The Kier molecular flexibility index (Phi) is 5.41. The molecule has 0 fully saturated rings. The molecule has 0 aromatic rings. The van der Waals surface area contributed by atoms with E-state index in [1.54, 1.807) is 6.92 Å². The Hall–Kier alpha value is -0.620. The lowest BCUT2D eigenvalue weighted by Gasteiger charge is -2.19. The molecule has 5 nitrogen and oxygen atoms in total. The summed E-state index contributed by atoms with van der Waals surface area (Å²) in [4.78, 5) is 10.7. The maximum absolute atomic E-state index is 11.6. The maximum atomic E-state index is 11.6. The fraction of sp³-hybridized carbons (Fsp3) is 0.900. The number of aliphatic carboxylic acids is 1. The van der Waals surface area contributed by atoms with Gasteiger partial charge in [0, 0.05) is 0 Å². The van der Waals surface area contributed by atoms with Crippen molar-refractivity contribution in [2.24, 2.45) is 5.41 Å². The molecule has 0 aliphatic carbocycles. The first-order valence-electron chi connectivity index (χ1n) is 5.30. The number of carboxylic acid groups (broad SMARTS) is 1. The number of carbonyl (C=O) groups is 1. The predicted octanol–water partition coefficient (Wildman–Crippen LogP) is 1.21. The number of carboxylic acids is 1. The lowest BCUT2D eigenvalue weighted by molar-refractivity contribution is -0.139. The van der Waals surface area contributed by atoms with Crippen molar-refractivity contribution in [3.8, 4) is 0 Å². The first-order valence-corrected chi connectivity index (χ1v) is 6.95. The Morgan fingerprint density at radius 1 is 1.38 bits per heavy atom. The maximum Gasteiger partial charge on any atom is 0.321 e. The van der Waals surface area contributed by atoms with E-state index in [9.17, 15) is 13.2 Å². The molecule has 6 heteroatoms. The number of hydrogen-bond acceptors (Lipinski definition) is 3. The van der Waals surface area contributed by atoms with Gasteiger partial charge in [-0.1, -0.05) is 27.7 Å². The Morgan fingerprint density at radius 3 is 2.19 bits per heavy atom. The zero-order valence-corrected chi connectivity index (χ0v) is 11.1. The van der Waals surface area contributed by atoms with Gasteiger partial charge in [-0.3, -0.25) is 4.79 Å². The normalized spacial score (nSPS) is 14.8. The van der Waals surface area contributed by atoms with Gasteiger partial charge in [0.1, 0.15) is 6.04 Å². The fourth-order valence-electron chi connectivity index (χ4n) is 1.02. The van der Waals surface area contributed by atoms with Crippen LogP contribution < -0.4 is 4.72 Å². The van der Waals surface area contributed by atoms with Crippen LogP contribution in [0.1, 0.15) is 40.5 Å². The first-order chi connectivity index (χ1) is 7.07. The van der Waals surface area contributed by atoms with Crippen molar-refractivity contribution in [2.75, 3.05) is 5.75 Å². The first kappa shape index (κ1) is 15.4. The molecule has 0 saturated carbocycles. The van der Waals surface area contributed by atoms with Crippen LogP contribution >= 0.6 is 0 Å². The molecule has 0 radical (unpaired) electrons. The van der Waals surface area contributed by atoms with Crippen LogP contribution in [0, 0.1) is 5.41 Å². The third-order valence-electron chi connectivity index (χ3n) is 2.15. The van der Waals surface area contributed by atoms with Crippen LogP contribution in [-0.4, -0.2) is 31.3 Å². The summed E-state index contributed by atoms with van der Waals surface area (Å²) in [6, 6.07) is -1.02. The summed E-state index contributed by atoms with van der Waals surface area (Å²) in [6.45, 7) is 7.45. The molecule has 0 heterocycles. The summed E-state index contributed by atoms with van der Waals surface area (Å²) >= 11 is 0. The summed E-state index contributed by atoms with van der Waals surface area (Å²) in [6.07, 6.45) is 0.739. The number of rotatable bonds is 6. The highest BCUT2D eigenvalue weighted by molar-refractivity contribution is 7.89. The van der Waals surface area contributed by atoms with Gasteiger partial charge in [0.2, 0.25) is 10.0 Å². The highest BCUT2D eigenvalue weighted by Gasteiger charge is 2.23. The van der Waals surface area contributed by atoms with Crippen LogP contribution in [-0.2, 0) is 14.8 Å². The summed E-state index contributed by atoms with van der Waals surface area (Å²) in [7, 11) is -3.50. The SMILES string of the molecule is CCC(NS(=O)(=O)CCC(C)(C)C)C(=O)O. The van der Waals surface area contributed by atoms with Gasteiger partial charge in [-0.05, 0) is 18.3 Å². The van der Waals surface area contributed by atoms with E-state index in [1.165, 1.54) is 0 Å². The van der Waals surface area contributed by atoms with Crippen LogP contribution in [0.2, 0.25) is 0 Å². The highest BCUT2D eigenvalue weighted by Crippen LogP contribution is 2.19. The van der Waals surface area contributed by atoms with E-state index in [1.807, 2.05) is 20.8 Å². The molecular weight excluding hydrogens is 230 g/mol. The van der Waals surface area contributed by atoms with E-state index in [0.717, 1.165) is 0 Å². The van der Waals surface area contributed by atoms with Gasteiger partial charge in [0.25, 0.3) is 0 Å². The molecule has 1 atom stereocenters. The molecule has 0 saturated heterocycles. The van der Waals surface area contributed by atoms with Crippen LogP contribution in [0.15, 0.2) is 0 Å². The average Bonchev–Trinajstić information content (AvgIpc) is 2.10. The molecular formula is C10H21NO4S. The van der Waals surface area contributed by atoms with Gasteiger partial charge in [-0.25, -0.2) is 13.1 Å². The van der Waals surface area contributed by atoms with Gasteiger partial charge in [0.15, 0.2) is 0 Å². The second kappa shape index (κ2) is 5.63. The second-order valence-corrected chi connectivity index (χ2v) is 6.92. The van der Waals surface area contributed by atoms with Gasteiger partial charge >= 0.3 is 5.97 Å². The Labute approximate surface area is 97.3 Å². The zero-order valence-electron chi connectivity index (χ0n) is 10.3. The van der Waals surface area contributed by atoms with Crippen LogP contribution in [0.4, 0.5) is 0 Å². The van der Waals surface area contributed by atoms with E-state index >= 15 is 0 Å². The Morgan fingerprint density at radius 2 is 1.88 bits per heavy atom. The molecule has 0 aliphatic rings. The lowest BCUT2D eigenvalue weighted by Crippen LogP contribution is -2.41. The topological polar surface area (TPSA) is 83.5 Å². The van der Waals surface area contributed by atoms with Gasteiger partial charge in [-0.15, -0.1) is 0 Å². The third kappa shape index (κ3) is 6.79. The number of nitrogens with one attached hydrogen (secondary N) is 1. The molecule has 0 aliphatic heterocycles. The van der Waals surface area contributed by atoms with E-state index in [2.05, 4.69) is 4.72 Å². The van der Waals surface area contributed by atoms with Crippen molar-refractivity contribution in [3.63, 3.8) is 0 Å². The van der Waals surface area contributed by atoms with E-state index in [4.69, 9.17) is 5.11 Å². The van der Waals surface area contributed by atoms with Crippen molar-refractivity contribution >= 4 is 16.0 Å². The zero-order chi connectivity index (χ0) is 13.0. The van der Waals surface area contributed by atoms with Gasteiger partial charge < -0.3 is 5.11 Å². The standard InChI is InChI=1S/C10H21NO4S/c1-5-8(9(12)13)11-16(14,15)7-6-10(2,3)4/h8,11H,5-7H2,1-4H3,(H,12,13). The minimum Gasteiger partial charge on any atom is -0.480 e. The summed E-state index contributed by atoms with van der Waals surface area (Å²) in [5.74, 6) is -1.18. The predicted molar refractivity (Wildman–Crippen MR) is 62.7 cm³/mol. The minimum absolute atomic E-state index is 0.0414. The molecule has 96 valence electrons. The molecule has 0 rings (SSSR count). The summed E-state index contributed by atoms with van der Waals surface area (Å²) in [5, 5.41) is 8.74. The Bertz CT molecular complexity index is 329. The second-order valence-electron chi connectivity index (χ2n) is 5.05. The molecule has 0 amide bonds. The fourth-order valence-corrected chi connectivity index (χ4v) is 2.72. The Balaban J connectivity index is 4.41. The lowest BCUT2D eigenvalue weighted by atomic mass is 9.94. The summed E-state index contributed by atoms with van der Waals surface area (Å²) in [5.41, 5.74) is -0.0836. The number of sulfonamides is 1. The van der Waals surface area contributed by atoms with Crippen molar-refractivity contribution in [1.82, 2.24) is 4.72 Å². The molecule has 2 N–H and O–H groups in total. The molecule has 1 unspecified atom stereocenters. The van der Waals surface area contributed by atoms with E-state index < -0.39 is 22.0 Å².